The van der Waals surface area contributed by atoms with E-state index in [4.69, 9.17) is 5.11 Å². The van der Waals surface area contributed by atoms with Crippen molar-refractivity contribution in [2.45, 2.75) is 25.0 Å². The Bertz CT molecular complexity index is 601. The molecule has 0 unspecified atom stereocenters. The van der Waals surface area contributed by atoms with Crippen LogP contribution in [0.3, 0.4) is 0 Å². The van der Waals surface area contributed by atoms with E-state index in [-0.39, 0.29) is 15.6 Å². The third-order valence-corrected chi connectivity index (χ3v) is 6.08. The highest BCUT2D eigenvalue weighted by molar-refractivity contribution is 7.91. The van der Waals surface area contributed by atoms with Gasteiger partial charge in [0, 0.05) is 13.1 Å². The normalized spacial score (nSPS) is 11.8. The van der Waals surface area contributed by atoms with Crippen LogP contribution in [-0.4, -0.2) is 36.9 Å². The van der Waals surface area contributed by atoms with Crippen LogP contribution in [0.2, 0.25) is 0 Å². The molecule has 0 amide bonds. The number of likely N-dealkylation sites (N-methyl/N-ethyl adjacent to an activating group) is 1. The van der Waals surface area contributed by atoms with Crippen molar-refractivity contribution >= 4 is 27.3 Å². The maximum absolute atomic E-state index is 12.4. The number of nitrogens with zero attached hydrogens (tertiary/aromatic N) is 1. The van der Waals surface area contributed by atoms with Crippen LogP contribution in [-0.2, 0) is 10.0 Å². The molecule has 0 aromatic carbocycles. The Labute approximate surface area is 117 Å². The number of hydrogen-bond acceptors (Lipinski definition) is 4. The SMILES string of the molecule is C=C(C)CN(CC)S(=O)(=O)c1cc(C)c(C(=O)O)s1. The van der Waals surface area contributed by atoms with Crippen molar-refractivity contribution in [1.82, 2.24) is 4.31 Å². The molecule has 1 aromatic heterocycles. The van der Waals surface area contributed by atoms with Crippen molar-refractivity contribution in [2.75, 3.05) is 13.1 Å². The van der Waals surface area contributed by atoms with Crippen molar-refractivity contribution < 1.29 is 18.3 Å². The lowest BCUT2D eigenvalue weighted by molar-refractivity contribution is 0.0701. The fraction of sp³-hybridized carbons (Fsp3) is 0.417. The zero-order valence-corrected chi connectivity index (χ0v) is 12.8. The molecule has 7 heteroatoms. The summed E-state index contributed by atoms with van der Waals surface area (Å²) in [6, 6.07) is 1.41. The quantitative estimate of drug-likeness (QED) is 0.819. The lowest BCUT2D eigenvalue weighted by atomic mass is 10.3. The smallest absolute Gasteiger partial charge is 0.346 e. The zero-order valence-electron chi connectivity index (χ0n) is 11.1. The van der Waals surface area contributed by atoms with Gasteiger partial charge in [-0.25, -0.2) is 13.2 Å². The van der Waals surface area contributed by atoms with Gasteiger partial charge in [0.1, 0.15) is 9.09 Å². The van der Waals surface area contributed by atoms with Gasteiger partial charge in [-0.2, -0.15) is 4.31 Å². The third-order valence-electron chi connectivity index (χ3n) is 2.48. The summed E-state index contributed by atoms with van der Waals surface area (Å²) >= 11 is 0.786. The fourth-order valence-electron chi connectivity index (χ4n) is 1.59. The summed E-state index contributed by atoms with van der Waals surface area (Å²) < 4.78 is 26.1. The Morgan fingerprint density at radius 1 is 1.53 bits per heavy atom. The number of rotatable bonds is 6. The summed E-state index contributed by atoms with van der Waals surface area (Å²) in [7, 11) is -3.65. The van der Waals surface area contributed by atoms with E-state index in [9.17, 15) is 13.2 Å². The molecule has 1 N–H and O–H groups in total. The van der Waals surface area contributed by atoms with Crippen LogP contribution < -0.4 is 0 Å². The Morgan fingerprint density at radius 3 is 2.47 bits per heavy atom. The summed E-state index contributed by atoms with van der Waals surface area (Å²) in [5.74, 6) is -1.10. The molecule has 0 bridgehead atoms. The van der Waals surface area contributed by atoms with Crippen molar-refractivity contribution in [2.24, 2.45) is 0 Å². The van der Waals surface area contributed by atoms with Crippen LogP contribution in [0.1, 0.15) is 29.1 Å². The Balaban J connectivity index is 3.22. The monoisotopic (exact) mass is 303 g/mol. The molecular weight excluding hydrogens is 286 g/mol. The second-order valence-corrected chi connectivity index (χ2v) is 7.49. The molecule has 0 aliphatic carbocycles. The zero-order chi connectivity index (χ0) is 14.8. The first-order valence-electron chi connectivity index (χ1n) is 5.68. The van der Waals surface area contributed by atoms with E-state index in [0.29, 0.717) is 12.1 Å². The summed E-state index contributed by atoms with van der Waals surface area (Å²) in [5, 5.41) is 8.97. The predicted octanol–water partition coefficient (Wildman–Crippen LogP) is 2.34. The molecule has 0 aliphatic heterocycles. The van der Waals surface area contributed by atoms with E-state index in [1.807, 2.05) is 0 Å². The molecule has 0 saturated heterocycles. The summed E-state index contributed by atoms with van der Waals surface area (Å²) in [5.41, 5.74) is 1.19. The van der Waals surface area contributed by atoms with Crippen molar-refractivity contribution in [3.05, 3.63) is 28.7 Å². The average Bonchev–Trinajstić information content (AvgIpc) is 2.68. The summed E-state index contributed by atoms with van der Waals surface area (Å²) in [6.45, 7) is 9.33. The average molecular weight is 303 g/mol. The van der Waals surface area contributed by atoms with E-state index in [0.717, 1.165) is 16.9 Å². The molecule has 106 valence electrons. The van der Waals surface area contributed by atoms with Gasteiger partial charge in [-0.3, -0.25) is 0 Å². The Kier molecular flexibility index (Phi) is 4.89. The van der Waals surface area contributed by atoms with E-state index < -0.39 is 16.0 Å². The summed E-state index contributed by atoms with van der Waals surface area (Å²) in [6.07, 6.45) is 0. The van der Waals surface area contributed by atoms with E-state index in [1.165, 1.54) is 10.4 Å². The van der Waals surface area contributed by atoms with E-state index in [1.54, 1.807) is 20.8 Å². The van der Waals surface area contributed by atoms with E-state index >= 15 is 0 Å². The maximum atomic E-state index is 12.4. The molecule has 19 heavy (non-hydrogen) atoms. The molecule has 0 atom stereocenters. The minimum atomic E-state index is -3.65. The number of aromatic carboxylic acids is 1. The van der Waals surface area contributed by atoms with Gasteiger partial charge < -0.3 is 5.11 Å². The molecule has 0 spiro atoms. The molecule has 0 fully saturated rings. The lowest BCUT2D eigenvalue weighted by Gasteiger charge is -2.19. The second-order valence-electron chi connectivity index (χ2n) is 4.27. The maximum Gasteiger partial charge on any atom is 0.346 e. The molecule has 0 aliphatic rings. The second kappa shape index (κ2) is 5.85. The number of carbonyl (C=O) groups is 1. The van der Waals surface area contributed by atoms with Gasteiger partial charge >= 0.3 is 5.97 Å². The lowest BCUT2D eigenvalue weighted by Crippen LogP contribution is -2.31. The van der Waals surface area contributed by atoms with Crippen LogP contribution in [0.5, 0.6) is 0 Å². The van der Waals surface area contributed by atoms with Crippen LogP contribution in [0, 0.1) is 6.92 Å². The van der Waals surface area contributed by atoms with Gasteiger partial charge in [-0.15, -0.1) is 11.3 Å². The van der Waals surface area contributed by atoms with Crippen LogP contribution in [0.4, 0.5) is 0 Å². The number of sulfonamides is 1. The van der Waals surface area contributed by atoms with Crippen LogP contribution in [0.25, 0.3) is 0 Å². The molecular formula is C12H17NO4S2. The van der Waals surface area contributed by atoms with Gasteiger partial charge in [0.2, 0.25) is 0 Å². The van der Waals surface area contributed by atoms with Gasteiger partial charge in [0.15, 0.2) is 0 Å². The highest BCUT2D eigenvalue weighted by atomic mass is 32.2. The number of aryl methyl sites for hydroxylation is 1. The number of carboxylic acid groups (broad SMARTS) is 1. The van der Waals surface area contributed by atoms with E-state index in [2.05, 4.69) is 6.58 Å². The minimum Gasteiger partial charge on any atom is -0.477 e. The predicted molar refractivity (Wildman–Crippen MR) is 75.3 cm³/mol. The largest absolute Gasteiger partial charge is 0.477 e. The number of hydrogen-bond donors (Lipinski definition) is 1. The molecule has 1 rings (SSSR count). The number of carboxylic acids is 1. The van der Waals surface area contributed by atoms with Crippen molar-refractivity contribution in [1.29, 1.82) is 0 Å². The Hall–Kier alpha value is -1.18. The van der Waals surface area contributed by atoms with Crippen molar-refractivity contribution in [3.63, 3.8) is 0 Å². The van der Waals surface area contributed by atoms with Gasteiger partial charge in [0.25, 0.3) is 10.0 Å². The molecule has 5 nitrogen and oxygen atoms in total. The topological polar surface area (TPSA) is 74.7 Å². The van der Waals surface area contributed by atoms with Crippen molar-refractivity contribution in [3.8, 4) is 0 Å². The Morgan fingerprint density at radius 2 is 2.11 bits per heavy atom. The highest BCUT2D eigenvalue weighted by Gasteiger charge is 2.27. The molecule has 1 heterocycles. The first kappa shape index (κ1) is 15.9. The fourth-order valence-corrected chi connectivity index (χ4v) is 4.63. The summed E-state index contributed by atoms with van der Waals surface area (Å²) in [4.78, 5) is 11.0. The third kappa shape index (κ3) is 3.43. The minimum absolute atomic E-state index is 0.0601. The first-order valence-corrected chi connectivity index (χ1v) is 7.94. The van der Waals surface area contributed by atoms with Gasteiger partial charge in [-0.05, 0) is 25.5 Å². The molecule has 0 saturated carbocycles. The highest BCUT2D eigenvalue weighted by Crippen LogP contribution is 2.28. The number of thiophene rings is 1. The van der Waals surface area contributed by atoms with Gasteiger partial charge in [0.05, 0.1) is 0 Å². The first-order chi connectivity index (χ1) is 8.70. The van der Waals surface area contributed by atoms with Gasteiger partial charge in [-0.1, -0.05) is 19.1 Å². The molecule has 0 radical (unpaired) electrons. The van der Waals surface area contributed by atoms with Crippen LogP contribution >= 0.6 is 11.3 Å². The van der Waals surface area contributed by atoms with Crippen LogP contribution in [0.15, 0.2) is 22.4 Å². The standard InChI is InChI=1S/C12H17NO4S2/c1-5-13(7-8(2)3)19(16,17)10-6-9(4)11(18-10)12(14)15/h6H,2,5,7H2,1,3-4H3,(H,14,15). The molecule has 1 aromatic rings.